The molecule has 0 aromatic heterocycles. The molecule has 3 fully saturated rings. The standard InChI is InChI=1S/C19H32N2O3/c1-15(2)6-7-18(23)21-13-19(14-21)9-8-16(12-24-19)11-20-10-4-3-5-17(20)22/h15-16H,3-14H2,1-2H3/t16-/m1/s1. The van der Waals surface area contributed by atoms with E-state index in [1.165, 1.54) is 0 Å². The third-order valence-electron chi connectivity index (χ3n) is 5.78. The molecule has 0 aromatic carbocycles. The van der Waals surface area contributed by atoms with Gasteiger partial charge in [0.25, 0.3) is 0 Å². The summed E-state index contributed by atoms with van der Waals surface area (Å²) in [6.07, 6.45) is 6.65. The monoisotopic (exact) mass is 336 g/mol. The van der Waals surface area contributed by atoms with Crippen LogP contribution in [0.5, 0.6) is 0 Å². The summed E-state index contributed by atoms with van der Waals surface area (Å²) in [4.78, 5) is 28.1. The van der Waals surface area contributed by atoms with Gasteiger partial charge in [0.1, 0.15) is 5.60 Å². The van der Waals surface area contributed by atoms with Crippen molar-refractivity contribution in [3.63, 3.8) is 0 Å². The molecule has 0 radical (unpaired) electrons. The van der Waals surface area contributed by atoms with Gasteiger partial charge in [-0.05, 0) is 38.0 Å². The number of piperidine rings is 1. The lowest BCUT2D eigenvalue weighted by atomic mass is 9.82. The maximum atomic E-state index is 12.1. The number of carbonyl (C=O) groups excluding carboxylic acids is 2. The Morgan fingerprint density at radius 3 is 2.75 bits per heavy atom. The summed E-state index contributed by atoms with van der Waals surface area (Å²) >= 11 is 0. The van der Waals surface area contributed by atoms with Gasteiger partial charge >= 0.3 is 0 Å². The van der Waals surface area contributed by atoms with Crippen LogP contribution in [0.3, 0.4) is 0 Å². The van der Waals surface area contributed by atoms with Crippen molar-refractivity contribution in [2.75, 3.05) is 32.8 Å². The fraction of sp³-hybridized carbons (Fsp3) is 0.895. The van der Waals surface area contributed by atoms with Crippen LogP contribution >= 0.6 is 0 Å². The maximum absolute atomic E-state index is 12.1. The van der Waals surface area contributed by atoms with Crippen molar-refractivity contribution in [1.82, 2.24) is 9.80 Å². The van der Waals surface area contributed by atoms with E-state index < -0.39 is 0 Å². The molecule has 0 saturated carbocycles. The Labute approximate surface area is 145 Å². The largest absolute Gasteiger partial charge is 0.371 e. The first-order valence-corrected chi connectivity index (χ1v) is 9.67. The van der Waals surface area contributed by atoms with Crippen molar-refractivity contribution >= 4 is 11.8 Å². The molecule has 0 N–H and O–H groups in total. The zero-order valence-electron chi connectivity index (χ0n) is 15.3. The number of hydrogen-bond acceptors (Lipinski definition) is 3. The number of nitrogens with zero attached hydrogens (tertiary/aromatic N) is 2. The number of carbonyl (C=O) groups is 2. The molecular formula is C19H32N2O3. The van der Waals surface area contributed by atoms with E-state index in [9.17, 15) is 9.59 Å². The van der Waals surface area contributed by atoms with Gasteiger partial charge in [-0.25, -0.2) is 0 Å². The van der Waals surface area contributed by atoms with Crippen molar-refractivity contribution in [2.45, 2.75) is 64.4 Å². The van der Waals surface area contributed by atoms with Gasteiger partial charge in [0.2, 0.25) is 11.8 Å². The highest BCUT2D eigenvalue weighted by atomic mass is 16.5. The van der Waals surface area contributed by atoms with Crippen LogP contribution in [0.2, 0.25) is 0 Å². The molecule has 5 heteroatoms. The summed E-state index contributed by atoms with van der Waals surface area (Å²) in [5.74, 6) is 1.63. The minimum Gasteiger partial charge on any atom is -0.371 e. The second-order valence-corrected chi connectivity index (χ2v) is 8.38. The summed E-state index contributed by atoms with van der Waals surface area (Å²) in [6, 6.07) is 0. The molecule has 1 atom stereocenters. The second-order valence-electron chi connectivity index (χ2n) is 8.38. The van der Waals surface area contributed by atoms with Crippen LogP contribution in [0.25, 0.3) is 0 Å². The topological polar surface area (TPSA) is 49.9 Å². The van der Waals surface area contributed by atoms with E-state index in [0.29, 0.717) is 30.6 Å². The molecule has 3 saturated heterocycles. The minimum atomic E-state index is -0.0874. The average Bonchev–Trinajstić information content (AvgIpc) is 2.53. The second kappa shape index (κ2) is 7.42. The Morgan fingerprint density at radius 2 is 2.12 bits per heavy atom. The van der Waals surface area contributed by atoms with Crippen LogP contribution in [-0.2, 0) is 14.3 Å². The van der Waals surface area contributed by atoms with Crippen molar-refractivity contribution in [2.24, 2.45) is 11.8 Å². The Bertz CT molecular complexity index is 461. The number of amides is 2. The lowest BCUT2D eigenvalue weighted by Gasteiger charge is -2.53. The summed E-state index contributed by atoms with van der Waals surface area (Å²) in [5.41, 5.74) is -0.0874. The molecule has 3 heterocycles. The molecule has 0 aromatic rings. The Hall–Kier alpha value is -1.10. The average molecular weight is 336 g/mol. The molecule has 0 unspecified atom stereocenters. The predicted molar refractivity (Wildman–Crippen MR) is 92.5 cm³/mol. The minimum absolute atomic E-state index is 0.0874. The van der Waals surface area contributed by atoms with Crippen LogP contribution in [0, 0.1) is 11.8 Å². The van der Waals surface area contributed by atoms with Gasteiger partial charge in [-0.1, -0.05) is 13.8 Å². The highest BCUT2D eigenvalue weighted by molar-refractivity contribution is 5.77. The molecule has 24 heavy (non-hydrogen) atoms. The van der Waals surface area contributed by atoms with Gasteiger partial charge in [-0.3, -0.25) is 9.59 Å². The summed E-state index contributed by atoms with van der Waals surface area (Å²) in [5, 5.41) is 0. The van der Waals surface area contributed by atoms with E-state index in [-0.39, 0.29) is 11.5 Å². The molecular weight excluding hydrogens is 304 g/mol. The van der Waals surface area contributed by atoms with Gasteiger partial charge in [0, 0.05) is 31.8 Å². The van der Waals surface area contributed by atoms with Crippen molar-refractivity contribution in [3.05, 3.63) is 0 Å². The van der Waals surface area contributed by atoms with E-state index in [1.807, 2.05) is 9.80 Å². The van der Waals surface area contributed by atoms with Crippen molar-refractivity contribution < 1.29 is 14.3 Å². The fourth-order valence-electron chi connectivity index (χ4n) is 4.07. The SMILES string of the molecule is CC(C)CCC(=O)N1CC2(CC[C@H](CN3CCCCC3=O)CO2)C1. The van der Waals surface area contributed by atoms with Gasteiger partial charge < -0.3 is 14.5 Å². The van der Waals surface area contributed by atoms with Gasteiger partial charge in [-0.2, -0.15) is 0 Å². The number of ether oxygens (including phenoxy) is 1. The van der Waals surface area contributed by atoms with E-state index >= 15 is 0 Å². The van der Waals surface area contributed by atoms with Crippen LogP contribution in [-0.4, -0.2) is 60.0 Å². The molecule has 0 bridgehead atoms. The quantitative estimate of drug-likeness (QED) is 0.775. The highest BCUT2D eigenvalue weighted by Crippen LogP contribution is 2.36. The number of rotatable bonds is 5. The highest BCUT2D eigenvalue weighted by Gasteiger charge is 2.48. The Balaban J connectivity index is 1.38. The fourth-order valence-corrected chi connectivity index (χ4v) is 4.07. The predicted octanol–water partition coefficient (Wildman–Crippen LogP) is 2.44. The molecule has 3 rings (SSSR count). The maximum Gasteiger partial charge on any atom is 0.222 e. The van der Waals surface area contributed by atoms with E-state index in [1.54, 1.807) is 0 Å². The van der Waals surface area contributed by atoms with E-state index in [0.717, 1.165) is 64.9 Å². The van der Waals surface area contributed by atoms with E-state index in [2.05, 4.69) is 13.8 Å². The van der Waals surface area contributed by atoms with Gasteiger partial charge in [0.15, 0.2) is 0 Å². The van der Waals surface area contributed by atoms with Crippen molar-refractivity contribution in [3.8, 4) is 0 Å². The summed E-state index contributed by atoms with van der Waals surface area (Å²) in [6.45, 7) is 8.34. The molecule has 0 aliphatic carbocycles. The van der Waals surface area contributed by atoms with Crippen molar-refractivity contribution in [1.29, 1.82) is 0 Å². The molecule has 5 nitrogen and oxygen atoms in total. The molecule has 1 spiro atoms. The Kier molecular flexibility index (Phi) is 5.48. The summed E-state index contributed by atoms with van der Waals surface area (Å²) in [7, 11) is 0. The third-order valence-corrected chi connectivity index (χ3v) is 5.78. The molecule has 2 amide bonds. The van der Waals surface area contributed by atoms with Crippen LogP contribution < -0.4 is 0 Å². The number of likely N-dealkylation sites (tertiary alicyclic amines) is 2. The van der Waals surface area contributed by atoms with Crippen LogP contribution in [0.15, 0.2) is 0 Å². The number of hydrogen-bond donors (Lipinski definition) is 0. The molecule has 136 valence electrons. The van der Waals surface area contributed by atoms with Gasteiger partial charge in [-0.15, -0.1) is 0 Å². The normalized spacial score (nSPS) is 26.8. The van der Waals surface area contributed by atoms with Gasteiger partial charge in [0.05, 0.1) is 19.7 Å². The first-order valence-electron chi connectivity index (χ1n) is 9.67. The first kappa shape index (κ1) is 17.7. The van der Waals surface area contributed by atoms with Crippen LogP contribution in [0.1, 0.15) is 58.8 Å². The third kappa shape index (κ3) is 4.11. The Morgan fingerprint density at radius 1 is 1.33 bits per heavy atom. The first-order chi connectivity index (χ1) is 11.5. The van der Waals surface area contributed by atoms with E-state index in [4.69, 9.17) is 4.74 Å². The zero-order valence-corrected chi connectivity index (χ0v) is 15.3. The lowest BCUT2D eigenvalue weighted by molar-refractivity contribution is -0.190. The molecule has 3 aliphatic heterocycles. The molecule has 3 aliphatic rings. The smallest absolute Gasteiger partial charge is 0.222 e. The zero-order chi connectivity index (χ0) is 17.2. The van der Waals surface area contributed by atoms with Crippen LogP contribution in [0.4, 0.5) is 0 Å². The lowest BCUT2D eigenvalue weighted by Crippen LogP contribution is -2.66. The summed E-state index contributed by atoms with van der Waals surface area (Å²) < 4.78 is 6.16.